The Bertz CT molecular complexity index is 776. The van der Waals surface area contributed by atoms with Crippen molar-refractivity contribution in [3.8, 4) is 11.5 Å². The van der Waals surface area contributed by atoms with Crippen LogP contribution in [-0.2, 0) is 19.5 Å². The van der Waals surface area contributed by atoms with Crippen molar-refractivity contribution in [1.82, 2.24) is 14.9 Å². The van der Waals surface area contributed by atoms with E-state index in [-0.39, 0.29) is 11.3 Å². The van der Waals surface area contributed by atoms with Crippen LogP contribution in [0.2, 0.25) is 0 Å². The van der Waals surface area contributed by atoms with Crippen LogP contribution in [0, 0.1) is 0 Å². The molecule has 1 aliphatic rings. The van der Waals surface area contributed by atoms with Crippen molar-refractivity contribution in [3.05, 3.63) is 45.4 Å². The normalized spacial score (nSPS) is 14.5. The van der Waals surface area contributed by atoms with Crippen LogP contribution >= 0.6 is 11.8 Å². The Morgan fingerprint density at radius 1 is 1.48 bits per heavy atom. The van der Waals surface area contributed by atoms with E-state index in [2.05, 4.69) is 14.9 Å². The first kappa shape index (κ1) is 15.9. The second-order valence-electron chi connectivity index (χ2n) is 5.46. The lowest BCUT2D eigenvalue weighted by molar-refractivity contribution is 0.237. The summed E-state index contributed by atoms with van der Waals surface area (Å²) >= 11 is 1.44. The summed E-state index contributed by atoms with van der Waals surface area (Å²) in [6.45, 7) is 1.93. The highest BCUT2D eigenvalue weighted by Gasteiger charge is 2.21. The minimum Gasteiger partial charge on any atom is -0.507 e. The number of phenols is 1. The lowest BCUT2D eigenvalue weighted by Gasteiger charge is -2.27. The molecule has 0 spiro atoms. The van der Waals surface area contributed by atoms with Crippen LogP contribution in [0.15, 0.2) is 28.2 Å². The number of benzene rings is 1. The van der Waals surface area contributed by atoms with E-state index in [9.17, 15) is 9.90 Å². The molecule has 0 unspecified atom stereocenters. The fourth-order valence-electron chi connectivity index (χ4n) is 2.74. The standard InChI is InChI=1S/C16H19N3O3S/c1-22-11-4-3-10(14(20)7-11)8-19-6-5-13-12(9-19)15(21)18-16(17-13)23-2/h3-4,7,20H,5-6,8-9H2,1-2H3,(H,17,18,21). The zero-order valence-electron chi connectivity index (χ0n) is 13.1. The Kier molecular flexibility index (Phi) is 4.58. The van der Waals surface area contributed by atoms with Gasteiger partial charge in [0.05, 0.1) is 18.4 Å². The second kappa shape index (κ2) is 6.64. The van der Waals surface area contributed by atoms with E-state index in [0.717, 1.165) is 29.8 Å². The summed E-state index contributed by atoms with van der Waals surface area (Å²) in [5, 5.41) is 10.7. The molecule has 6 nitrogen and oxygen atoms in total. The predicted molar refractivity (Wildman–Crippen MR) is 89.1 cm³/mol. The third-order valence-electron chi connectivity index (χ3n) is 4.01. The van der Waals surface area contributed by atoms with Crippen LogP contribution < -0.4 is 10.3 Å². The van der Waals surface area contributed by atoms with Gasteiger partial charge in [0.2, 0.25) is 0 Å². The number of H-pyrrole nitrogens is 1. The molecule has 122 valence electrons. The number of fused-ring (bicyclic) bond motifs is 1. The number of phenolic OH excluding ortho intramolecular Hbond substituents is 1. The third kappa shape index (κ3) is 3.35. The Morgan fingerprint density at radius 2 is 2.30 bits per heavy atom. The summed E-state index contributed by atoms with van der Waals surface area (Å²) in [4.78, 5) is 21.6. The van der Waals surface area contributed by atoms with Crippen LogP contribution in [-0.4, -0.2) is 39.9 Å². The number of hydrogen-bond donors (Lipinski definition) is 2. The van der Waals surface area contributed by atoms with Crippen LogP contribution in [0.5, 0.6) is 11.5 Å². The highest BCUT2D eigenvalue weighted by molar-refractivity contribution is 7.98. The van der Waals surface area contributed by atoms with Crippen molar-refractivity contribution in [2.24, 2.45) is 0 Å². The summed E-state index contributed by atoms with van der Waals surface area (Å²) in [5.74, 6) is 0.834. The smallest absolute Gasteiger partial charge is 0.256 e. The SMILES string of the molecule is COc1ccc(CN2CCc3nc(SC)[nH]c(=O)c3C2)c(O)c1. The van der Waals surface area contributed by atoms with E-state index in [1.165, 1.54) is 11.8 Å². The maximum absolute atomic E-state index is 12.2. The maximum atomic E-state index is 12.2. The van der Waals surface area contributed by atoms with Crippen molar-refractivity contribution < 1.29 is 9.84 Å². The molecule has 0 aliphatic carbocycles. The molecule has 0 amide bonds. The summed E-state index contributed by atoms with van der Waals surface area (Å²) in [5.41, 5.74) is 2.36. The maximum Gasteiger partial charge on any atom is 0.256 e. The minimum atomic E-state index is -0.0667. The number of nitrogens with one attached hydrogen (secondary N) is 1. The number of methoxy groups -OCH3 is 1. The largest absolute Gasteiger partial charge is 0.507 e. The van der Waals surface area contributed by atoms with Gasteiger partial charge in [-0.25, -0.2) is 4.98 Å². The molecule has 0 saturated carbocycles. The molecule has 0 fully saturated rings. The number of ether oxygens (including phenoxy) is 1. The number of nitrogens with zero attached hydrogens (tertiary/aromatic N) is 2. The predicted octanol–water partition coefficient (Wildman–Crippen LogP) is 1.76. The van der Waals surface area contributed by atoms with E-state index in [0.29, 0.717) is 24.0 Å². The first-order valence-corrected chi connectivity index (χ1v) is 8.57. The van der Waals surface area contributed by atoms with Gasteiger partial charge in [0.1, 0.15) is 11.5 Å². The van der Waals surface area contributed by atoms with Gasteiger partial charge in [0.15, 0.2) is 5.16 Å². The second-order valence-corrected chi connectivity index (χ2v) is 6.25. The third-order valence-corrected chi connectivity index (χ3v) is 4.59. The van der Waals surface area contributed by atoms with Crippen molar-refractivity contribution in [2.75, 3.05) is 19.9 Å². The van der Waals surface area contributed by atoms with Crippen LogP contribution in [0.3, 0.4) is 0 Å². The molecule has 2 aromatic rings. The number of aromatic amines is 1. The summed E-state index contributed by atoms with van der Waals surface area (Å²) < 4.78 is 5.09. The molecule has 1 aliphatic heterocycles. The zero-order chi connectivity index (χ0) is 16.4. The topological polar surface area (TPSA) is 78.5 Å². The fraction of sp³-hybridized carbons (Fsp3) is 0.375. The number of hydrogen-bond acceptors (Lipinski definition) is 6. The summed E-state index contributed by atoms with van der Waals surface area (Å²) in [7, 11) is 1.57. The fourth-order valence-corrected chi connectivity index (χ4v) is 3.13. The van der Waals surface area contributed by atoms with E-state index >= 15 is 0 Å². The monoisotopic (exact) mass is 333 g/mol. The number of rotatable bonds is 4. The molecule has 7 heteroatoms. The minimum absolute atomic E-state index is 0.0667. The van der Waals surface area contributed by atoms with Gasteiger partial charge in [0.25, 0.3) is 5.56 Å². The van der Waals surface area contributed by atoms with Crippen molar-refractivity contribution in [1.29, 1.82) is 0 Å². The van der Waals surface area contributed by atoms with Crippen molar-refractivity contribution in [3.63, 3.8) is 0 Å². The van der Waals surface area contributed by atoms with Gasteiger partial charge in [0, 0.05) is 37.7 Å². The molecule has 23 heavy (non-hydrogen) atoms. The highest BCUT2D eigenvalue weighted by atomic mass is 32.2. The van der Waals surface area contributed by atoms with Gasteiger partial charge in [-0.05, 0) is 12.3 Å². The Morgan fingerprint density at radius 3 is 3.00 bits per heavy atom. The van der Waals surface area contributed by atoms with Gasteiger partial charge in [-0.2, -0.15) is 0 Å². The highest BCUT2D eigenvalue weighted by Crippen LogP contribution is 2.26. The lowest BCUT2D eigenvalue weighted by Crippen LogP contribution is -2.35. The van der Waals surface area contributed by atoms with E-state index in [1.807, 2.05) is 18.4 Å². The van der Waals surface area contributed by atoms with Gasteiger partial charge in [-0.1, -0.05) is 17.8 Å². The van der Waals surface area contributed by atoms with Crippen LogP contribution in [0.4, 0.5) is 0 Å². The van der Waals surface area contributed by atoms with Crippen molar-refractivity contribution >= 4 is 11.8 Å². The Labute approximate surface area is 138 Å². The molecular formula is C16H19N3O3S. The van der Waals surface area contributed by atoms with Crippen LogP contribution in [0.25, 0.3) is 0 Å². The molecule has 0 saturated heterocycles. The molecule has 0 atom stereocenters. The molecular weight excluding hydrogens is 314 g/mol. The summed E-state index contributed by atoms with van der Waals surface area (Å²) in [6.07, 6.45) is 2.63. The van der Waals surface area contributed by atoms with Gasteiger partial charge < -0.3 is 14.8 Å². The van der Waals surface area contributed by atoms with E-state index in [4.69, 9.17) is 4.74 Å². The molecule has 1 aromatic heterocycles. The average Bonchev–Trinajstić information content (AvgIpc) is 2.57. The first-order chi connectivity index (χ1) is 11.1. The van der Waals surface area contributed by atoms with E-state index in [1.54, 1.807) is 13.2 Å². The molecule has 0 bridgehead atoms. The number of thioether (sulfide) groups is 1. The number of aromatic nitrogens is 2. The summed E-state index contributed by atoms with van der Waals surface area (Å²) in [6, 6.07) is 5.28. The Hall–Kier alpha value is -1.99. The molecule has 2 N–H and O–H groups in total. The first-order valence-electron chi connectivity index (χ1n) is 7.35. The molecule has 1 aromatic carbocycles. The molecule has 2 heterocycles. The lowest BCUT2D eigenvalue weighted by atomic mass is 10.1. The average molecular weight is 333 g/mol. The van der Waals surface area contributed by atoms with Gasteiger partial charge in [-0.3, -0.25) is 9.69 Å². The molecule has 3 rings (SSSR count). The van der Waals surface area contributed by atoms with Crippen molar-refractivity contribution in [2.45, 2.75) is 24.7 Å². The van der Waals surface area contributed by atoms with Crippen LogP contribution in [0.1, 0.15) is 16.8 Å². The van der Waals surface area contributed by atoms with E-state index < -0.39 is 0 Å². The van der Waals surface area contributed by atoms with Gasteiger partial charge >= 0.3 is 0 Å². The Balaban J connectivity index is 1.79. The van der Waals surface area contributed by atoms with Gasteiger partial charge in [-0.15, -0.1) is 0 Å². The molecule has 0 radical (unpaired) electrons. The number of aromatic hydroxyl groups is 1. The zero-order valence-corrected chi connectivity index (χ0v) is 13.9. The quantitative estimate of drug-likeness (QED) is 0.656.